The van der Waals surface area contributed by atoms with E-state index in [0.29, 0.717) is 16.1 Å². The lowest BCUT2D eigenvalue weighted by atomic mass is 9.89. The van der Waals surface area contributed by atoms with Crippen molar-refractivity contribution in [3.63, 3.8) is 0 Å². The number of sulfone groups is 1. The van der Waals surface area contributed by atoms with E-state index in [9.17, 15) is 18.0 Å². The summed E-state index contributed by atoms with van der Waals surface area (Å²) in [5.41, 5.74) is 1.47. The Labute approximate surface area is 249 Å². The molecule has 0 aromatic heterocycles. The fraction of sp³-hybridized carbons (Fsp3) is 0.176. The van der Waals surface area contributed by atoms with Crippen molar-refractivity contribution in [3.05, 3.63) is 131 Å². The highest BCUT2D eigenvalue weighted by molar-refractivity contribution is 7.94. The second-order valence-corrected chi connectivity index (χ2v) is 12.9. The van der Waals surface area contributed by atoms with Crippen LogP contribution in [0.4, 0.5) is 0 Å². The van der Waals surface area contributed by atoms with Gasteiger partial charge in [-0.05, 0) is 63.9 Å². The number of rotatable bonds is 6. The molecular formula is C34H28ClNO5S. The lowest BCUT2D eigenvalue weighted by Gasteiger charge is -2.41. The van der Waals surface area contributed by atoms with Gasteiger partial charge >= 0.3 is 5.97 Å². The molecule has 1 N–H and O–H groups in total. The molecule has 6 rings (SSSR count). The van der Waals surface area contributed by atoms with Crippen molar-refractivity contribution in [1.82, 2.24) is 5.32 Å². The highest BCUT2D eigenvalue weighted by Gasteiger charge is 2.56. The maximum atomic E-state index is 14.8. The van der Waals surface area contributed by atoms with Crippen molar-refractivity contribution < 1.29 is 22.7 Å². The zero-order chi connectivity index (χ0) is 29.4. The Morgan fingerprint density at radius 2 is 1.21 bits per heavy atom. The summed E-state index contributed by atoms with van der Waals surface area (Å²) in [7, 11) is -4.49. The van der Waals surface area contributed by atoms with Crippen LogP contribution in [0.2, 0.25) is 5.02 Å². The van der Waals surface area contributed by atoms with Crippen LogP contribution in [-0.2, 0) is 19.4 Å². The third kappa shape index (κ3) is 4.87. The van der Waals surface area contributed by atoms with Crippen LogP contribution in [0.15, 0.2) is 109 Å². The molecule has 0 radical (unpaired) electrons. The molecule has 0 amide bonds. The van der Waals surface area contributed by atoms with Crippen molar-refractivity contribution in [1.29, 1.82) is 0 Å². The zero-order valence-corrected chi connectivity index (χ0v) is 24.3. The van der Waals surface area contributed by atoms with E-state index in [0.717, 1.165) is 21.5 Å². The van der Waals surface area contributed by atoms with Crippen LogP contribution in [0, 0.1) is 0 Å². The van der Waals surface area contributed by atoms with Crippen LogP contribution in [0.1, 0.15) is 40.5 Å². The highest BCUT2D eigenvalue weighted by Crippen LogP contribution is 2.43. The Morgan fingerprint density at radius 3 is 1.76 bits per heavy atom. The maximum Gasteiger partial charge on any atom is 0.326 e. The molecule has 42 heavy (non-hydrogen) atoms. The molecule has 1 heterocycles. The quantitative estimate of drug-likeness (QED) is 0.175. The number of hydrogen-bond acceptors (Lipinski definition) is 6. The third-order valence-electron chi connectivity index (χ3n) is 7.90. The first-order valence-electron chi connectivity index (χ1n) is 13.7. The maximum absolute atomic E-state index is 14.8. The smallest absolute Gasteiger partial charge is 0.326 e. The number of carbonyl (C=O) groups excluding carboxylic acids is 2. The summed E-state index contributed by atoms with van der Waals surface area (Å²) in [5, 5.41) is 4.08. The van der Waals surface area contributed by atoms with Gasteiger partial charge in [0.1, 0.15) is 5.25 Å². The number of ether oxygens (including phenoxy) is 1. The number of fused-ring (bicyclic) bond motifs is 2. The van der Waals surface area contributed by atoms with E-state index in [-0.39, 0.29) is 12.2 Å². The van der Waals surface area contributed by atoms with Crippen molar-refractivity contribution in [2.24, 2.45) is 0 Å². The SMILES string of the molecule is CCOC(=O)[C@H]1[C@H](c2cccc3ccccc23)N[C@H](c2cccc3ccccc23)[C@@H](C(=O)c2ccc(Cl)cc2)S1(=O)=O. The highest BCUT2D eigenvalue weighted by atomic mass is 35.5. The lowest BCUT2D eigenvalue weighted by molar-refractivity contribution is -0.143. The lowest BCUT2D eigenvalue weighted by Crippen LogP contribution is -2.59. The minimum atomic E-state index is -4.49. The Hall–Kier alpha value is -4.04. The standard InChI is InChI=1S/C34H28ClNO5S/c1-2-41-34(38)33-30(28-16-8-12-22-10-4-6-14-26(22)28)36-29(27-15-7-11-21-9-3-5-13-25(21)27)32(42(33,39)40)31(37)23-17-19-24(35)20-18-23/h3-20,29-30,32-33,36H,2H2,1H3/t29-,30+,32+,33-/m1/s1. The van der Waals surface area contributed by atoms with Gasteiger partial charge in [-0.15, -0.1) is 0 Å². The van der Waals surface area contributed by atoms with E-state index >= 15 is 0 Å². The molecule has 4 atom stereocenters. The average Bonchev–Trinajstić information content (AvgIpc) is 2.99. The number of nitrogens with one attached hydrogen (secondary N) is 1. The summed E-state index contributed by atoms with van der Waals surface area (Å²) in [4.78, 5) is 27.8. The van der Waals surface area contributed by atoms with Crippen LogP contribution in [0.5, 0.6) is 0 Å². The topological polar surface area (TPSA) is 89.5 Å². The molecule has 212 valence electrons. The van der Waals surface area contributed by atoms with E-state index in [4.69, 9.17) is 16.3 Å². The summed E-state index contributed by atoms with van der Waals surface area (Å²) in [5.74, 6) is -1.52. The predicted octanol–water partition coefficient (Wildman–Crippen LogP) is 6.63. The van der Waals surface area contributed by atoms with E-state index < -0.39 is 44.2 Å². The van der Waals surface area contributed by atoms with Crippen LogP contribution in [0.25, 0.3) is 21.5 Å². The first-order valence-corrected chi connectivity index (χ1v) is 15.7. The second-order valence-electron chi connectivity index (χ2n) is 10.3. The number of Topliss-reactive ketones (excluding diaryl/α,β-unsaturated/α-hetero) is 1. The van der Waals surface area contributed by atoms with Crippen LogP contribution >= 0.6 is 11.6 Å². The van der Waals surface area contributed by atoms with Crippen LogP contribution in [0.3, 0.4) is 0 Å². The third-order valence-corrected chi connectivity index (χ3v) is 10.5. The van der Waals surface area contributed by atoms with E-state index in [1.807, 2.05) is 84.9 Å². The number of ketones is 1. The van der Waals surface area contributed by atoms with Gasteiger partial charge in [0.25, 0.3) is 0 Å². The van der Waals surface area contributed by atoms with Crippen LogP contribution in [-0.4, -0.2) is 37.3 Å². The molecule has 8 heteroatoms. The van der Waals surface area contributed by atoms with Gasteiger partial charge < -0.3 is 4.74 Å². The summed E-state index contributed by atoms with van der Waals surface area (Å²) in [6, 6.07) is 30.6. The Balaban J connectivity index is 1.61. The van der Waals surface area contributed by atoms with E-state index in [2.05, 4.69) is 5.32 Å². The van der Waals surface area contributed by atoms with Gasteiger partial charge in [0.05, 0.1) is 18.7 Å². The molecular weight excluding hydrogens is 570 g/mol. The molecule has 0 saturated carbocycles. The summed E-state index contributed by atoms with van der Waals surface area (Å²) in [6.45, 7) is 1.62. The normalized spacial score (nSPS) is 21.7. The first kappa shape index (κ1) is 28.1. The second kappa shape index (κ2) is 11.3. The van der Waals surface area contributed by atoms with Gasteiger partial charge in [-0.25, -0.2) is 8.42 Å². The number of hydrogen-bond donors (Lipinski definition) is 1. The molecule has 1 aliphatic heterocycles. The molecule has 0 unspecified atom stereocenters. The van der Waals surface area contributed by atoms with E-state index in [1.54, 1.807) is 19.1 Å². The van der Waals surface area contributed by atoms with Gasteiger partial charge in [-0.2, -0.15) is 0 Å². The minimum absolute atomic E-state index is 0.00431. The molecule has 1 aliphatic rings. The van der Waals surface area contributed by atoms with Gasteiger partial charge in [0.15, 0.2) is 20.9 Å². The van der Waals surface area contributed by atoms with E-state index in [1.165, 1.54) is 12.1 Å². The fourth-order valence-electron chi connectivity index (χ4n) is 6.03. The summed E-state index contributed by atoms with van der Waals surface area (Å²) < 4.78 is 34.9. The Morgan fingerprint density at radius 1 is 0.714 bits per heavy atom. The van der Waals surface area contributed by atoms with Crippen molar-refractivity contribution in [2.45, 2.75) is 29.5 Å². The number of benzene rings is 5. The molecule has 0 spiro atoms. The molecule has 5 aromatic rings. The summed E-state index contributed by atoms with van der Waals surface area (Å²) >= 11 is 6.08. The van der Waals surface area contributed by atoms with Crippen molar-refractivity contribution in [3.8, 4) is 0 Å². The molecule has 6 nitrogen and oxygen atoms in total. The van der Waals surface area contributed by atoms with Crippen LogP contribution < -0.4 is 5.32 Å². The predicted molar refractivity (Wildman–Crippen MR) is 165 cm³/mol. The summed E-state index contributed by atoms with van der Waals surface area (Å²) in [6.07, 6.45) is 0. The van der Waals surface area contributed by atoms with Gasteiger partial charge in [0, 0.05) is 10.6 Å². The molecule has 1 saturated heterocycles. The molecule has 0 aliphatic carbocycles. The fourth-order valence-corrected chi connectivity index (χ4v) is 8.45. The van der Waals surface area contributed by atoms with Crippen molar-refractivity contribution in [2.75, 3.05) is 6.61 Å². The number of esters is 1. The monoisotopic (exact) mass is 597 g/mol. The zero-order valence-electron chi connectivity index (χ0n) is 22.7. The largest absolute Gasteiger partial charge is 0.465 e. The molecule has 0 bridgehead atoms. The Bertz CT molecular complexity index is 1910. The van der Waals surface area contributed by atoms with Gasteiger partial charge in [0.2, 0.25) is 0 Å². The molecule has 5 aromatic carbocycles. The minimum Gasteiger partial charge on any atom is -0.465 e. The van der Waals surface area contributed by atoms with Crippen molar-refractivity contribution >= 4 is 54.7 Å². The number of carbonyl (C=O) groups is 2. The first-order chi connectivity index (χ1) is 20.3. The number of halogens is 1. The Kier molecular flexibility index (Phi) is 7.58. The molecule has 1 fully saturated rings. The van der Waals surface area contributed by atoms with Gasteiger partial charge in [-0.3, -0.25) is 14.9 Å². The van der Waals surface area contributed by atoms with Gasteiger partial charge in [-0.1, -0.05) is 96.5 Å². The average molecular weight is 598 g/mol.